The van der Waals surface area contributed by atoms with Crippen LogP contribution in [-0.2, 0) is 4.79 Å². The Labute approximate surface area is 197 Å². The van der Waals surface area contributed by atoms with Crippen LogP contribution < -0.4 is 10.1 Å². The molecular formula is C22H36IN5O2. The molecule has 30 heavy (non-hydrogen) atoms. The number of hydrogen-bond acceptors (Lipinski definition) is 4. The molecule has 0 aliphatic carbocycles. The monoisotopic (exact) mass is 529 g/mol. The van der Waals surface area contributed by atoms with Gasteiger partial charge in [-0.25, -0.2) is 0 Å². The number of ether oxygens (including phenoxy) is 1. The molecule has 2 fully saturated rings. The van der Waals surface area contributed by atoms with Crippen molar-refractivity contribution in [3.05, 3.63) is 30.3 Å². The predicted molar refractivity (Wildman–Crippen MR) is 132 cm³/mol. The van der Waals surface area contributed by atoms with Crippen molar-refractivity contribution >= 4 is 35.8 Å². The third kappa shape index (κ3) is 6.73. The van der Waals surface area contributed by atoms with Crippen LogP contribution in [0.1, 0.15) is 26.7 Å². The molecule has 0 bridgehead atoms. The van der Waals surface area contributed by atoms with E-state index >= 15 is 0 Å². The molecule has 8 heteroatoms. The number of rotatable bonds is 6. The van der Waals surface area contributed by atoms with Gasteiger partial charge in [0.2, 0.25) is 5.91 Å². The van der Waals surface area contributed by atoms with E-state index in [-0.39, 0.29) is 42.0 Å². The van der Waals surface area contributed by atoms with E-state index in [0.717, 1.165) is 63.8 Å². The Balaban J connectivity index is 0.00000320. The highest BCUT2D eigenvalue weighted by molar-refractivity contribution is 14.0. The average Bonchev–Trinajstić information content (AvgIpc) is 3.29. The van der Waals surface area contributed by atoms with Crippen molar-refractivity contribution < 1.29 is 9.53 Å². The van der Waals surface area contributed by atoms with E-state index in [0.29, 0.717) is 6.54 Å². The van der Waals surface area contributed by atoms with Crippen LogP contribution in [0.25, 0.3) is 0 Å². The third-order valence-electron chi connectivity index (χ3n) is 5.78. The number of benzene rings is 1. The molecule has 1 N–H and O–H groups in total. The fraction of sp³-hybridized carbons (Fsp3) is 0.636. The van der Waals surface area contributed by atoms with Crippen LogP contribution in [-0.4, -0.2) is 91.6 Å². The maximum Gasteiger partial charge on any atom is 0.239 e. The molecule has 0 saturated carbocycles. The summed E-state index contributed by atoms with van der Waals surface area (Å²) in [6.07, 6.45) is 2.31. The number of para-hydroxylation sites is 1. The van der Waals surface area contributed by atoms with Gasteiger partial charge in [-0.05, 0) is 38.8 Å². The van der Waals surface area contributed by atoms with Crippen molar-refractivity contribution in [2.45, 2.75) is 38.8 Å². The third-order valence-corrected chi connectivity index (χ3v) is 5.78. The zero-order valence-electron chi connectivity index (χ0n) is 18.4. The summed E-state index contributed by atoms with van der Waals surface area (Å²) >= 11 is 0. The maximum atomic E-state index is 12.7. The minimum absolute atomic E-state index is 0. The Hall–Kier alpha value is -1.55. The smallest absolute Gasteiger partial charge is 0.239 e. The summed E-state index contributed by atoms with van der Waals surface area (Å²) in [4.78, 5) is 23.7. The molecule has 2 aliphatic rings. The molecular weight excluding hydrogens is 493 g/mol. The summed E-state index contributed by atoms with van der Waals surface area (Å²) in [5.74, 6) is 2.05. The Bertz CT molecular complexity index is 673. The molecule has 168 valence electrons. The number of hydrogen-bond donors (Lipinski definition) is 1. The summed E-state index contributed by atoms with van der Waals surface area (Å²) < 4.78 is 5.93. The van der Waals surface area contributed by atoms with Gasteiger partial charge in [-0.2, -0.15) is 0 Å². The summed E-state index contributed by atoms with van der Waals surface area (Å²) in [7, 11) is 1.82. The number of halogens is 1. The molecule has 2 saturated heterocycles. The van der Waals surface area contributed by atoms with Gasteiger partial charge in [-0.1, -0.05) is 18.2 Å². The molecule has 0 spiro atoms. The number of aliphatic imine (C=N–C) groups is 1. The molecule has 0 radical (unpaired) electrons. The van der Waals surface area contributed by atoms with Crippen LogP contribution in [0.2, 0.25) is 0 Å². The first kappa shape index (κ1) is 24.7. The van der Waals surface area contributed by atoms with E-state index in [1.807, 2.05) is 49.2 Å². The number of carbonyl (C=O) groups is 1. The summed E-state index contributed by atoms with van der Waals surface area (Å²) in [5, 5.41) is 3.43. The first-order chi connectivity index (χ1) is 14.1. The van der Waals surface area contributed by atoms with Gasteiger partial charge < -0.3 is 19.9 Å². The zero-order chi connectivity index (χ0) is 20.6. The van der Waals surface area contributed by atoms with E-state index in [1.165, 1.54) is 0 Å². The van der Waals surface area contributed by atoms with Gasteiger partial charge in [-0.3, -0.25) is 14.7 Å². The lowest BCUT2D eigenvalue weighted by Gasteiger charge is -2.39. The van der Waals surface area contributed by atoms with Gasteiger partial charge in [0.15, 0.2) is 5.96 Å². The molecule has 2 aliphatic heterocycles. The van der Waals surface area contributed by atoms with Gasteiger partial charge in [-0.15, -0.1) is 24.0 Å². The zero-order valence-corrected chi connectivity index (χ0v) is 20.7. The molecule has 1 aromatic carbocycles. The van der Waals surface area contributed by atoms with Crippen molar-refractivity contribution in [1.29, 1.82) is 0 Å². The second kappa shape index (κ2) is 12.3. The number of piperazine rings is 1. The highest BCUT2D eigenvalue weighted by atomic mass is 127. The first-order valence-electron chi connectivity index (χ1n) is 10.8. The highest BCUT2D eigenvalue weighted by Crippen LogP contribution is 2.14. The largest absolute Gasteiger partial charge is 0.489 e. The van der Waals surface area contributed by atoms with E-state index < -0.39 is 0 Å². The van der Waals surface area contributed by atoms with Gasteiger partial charge in [0.1, 0.15) is 11.9 Å². The van der Waals surface area contributed by atoms with E-state index in [9.17, 15) is 4.79 Å². The Morgan fingerprint density at radius 1 is 1.03 bits per heavy atom. The quantitative estimate of drug-likeness (QED) is 0.348. The van der Waals surface area contributed by atoms with Crippen LogP contribution in [0.3, 0.4) is 0 Å². The fourth-order valence-electron chi connectivity index (χ4n) is 4.02. The van der Waals surface area contributed by atoms with Crippen LogP contribution in [0.4, 0.5) is 0 Å². The Morgan fingerprint density at radius 3 is 2.27 bits per heavy atom. The molecule has 2 heterocycles. The summed E-state index contributed by atoms with van der Waals surface area (Å²) in [5.41, 5.74) is 0. The highest BCUT2D eigenvalue weighted by Gasteiger charge is 2.30. The number of guanidine groups is 1. The number of carbonyl (C=O) groups excluding carboxylic acids is 1. The topological polar surface area (TPSA) is 60.4 Å². The molecule has 7 nitrogen and oxygen atoms in total. The lowest BCUT2D eigenvalue weighted by molar-refractivity contribution is -0.135. The molecule has 0 aromatic heterocycles. The van der Waals surface area contributed by atoms with E-state index in [2.05, 4.69) is 27.0 Å². The molecule has 2 atom stereocenters. The SMILES string of the molecule is CN=C(NCC(C)Oc1ccccc1)N1CCN(C(C)C(=O)N2CCCC2)CC1.I. The number of nitrogens with zero attached hydrogens (tertiary/aromatic N) is 4. The van der Waals surface area contributed by atoms with Gasteiger partial charge in [0.05, 0.1) is 12.6 Å². The van der Waals surface area contributed by atoms with Gasteiger partial charge in [0.25, 0.3) is 0 Å². The summed E-state index contributed by atoms with van der Waals surface area (Å²) in [6.45, 7) is 10.1. The van der Waals surface area contributed by atoms with Crippen LogP contribution in [0, 0.1) is 0 Å². The second-order valence-corrected chi connectivity index (χ2v) is 7.90. The minimum Gasteiger partial charge on any atom is -0.489 e. The molecule has 1 aromatic rings. The Kier molecular flexibility index (Phi) is 10.2. The van der Waals surface area contributed by atoms with Crippen molar-refractivity contribution in [3.63, 3.8) is 0 Å². The van der Waals surface area contributed by atoms with Crippen LogP contribution in [0.5, 0.6) is 5.75 Å². The van der Waals surface area contributed by atoms with E-state index in [1.54, 1.807) is 0 Å². The van der Waals surface area contributed by atoms with Crippen LogP contribution in [0.15, 0.2) is 35.3 Å². The molecule has 2 unspecified atom stereocenters. The lowest BCUT2D eigenvalue weighted by atomic mass is 10.2. The normalized spacial score (nSPS) is 19.8. The second-order valence-electron chi connectivity index (χ2n) is 7.90. The first-order valence-corrected chi connectivity index (χ1v) is 10.8. The molecule has 3 rings (SSSR count). The number of amides is 1. The molecule has 1 amide bonds. The van der Waals surface area contributed by atoms with Gasteiger partial charge in [0, 0.05) is 46.3 Å². The Morgan fingerprint density at radius 2 is 1.67 bits per heavy atom. The van der Waals surface area contributed by atoms with Gasteiger partial charge >= 0.3 is 0 Å². The van der Waals surface area contributed by atoms with Crippen molar-refractivity contribution in [3.8, 4) is 5.75 Å². The number of likely N-dealkylation sites (tertiary alicyclic amines) is 1. The lowest BCUT2D eigenvalue weighted by Crippen LogP contribution is -2.57. The van der Waals surface area contributed by atoms with E-state index in [4.69, 9.17) is 4.74 Å². The van der Waals surface area contributed by atoms with Crippen LogP contribution >= 0.6 is 24.0 Å². The number of nitrogens with one attached hydrogen (secondary N) is 1. The van der Waals surface area contributed by atoms with Crippen molar-refractivity contribution in [2.24, 2.45) is 4.99 Å². The average molecular weight is 529 g/mol. The van der Waals surface area contributed by atoms with Crippen molar-refractivity contribution in [2.75, 3.05) is 52.9 Å². The maximum absolute atomic E-state index is 12.7. The fourth-order valence-corrected chi connectivity index (χ4v) is 4.02. The standard InChI is InChI=1S/C22H35N5O2.HI/c1-18(29-20-9-5-4-6-10-20)17-24-22(23-3)27-15-13-25(14-16-27)19(2)21(28)26-11-7-8-12-26;/h4-6,9-10,18-19H,7-8,11-17H2,1-3H3,(H,23,24);1H. The predicted octanol–water partition coefficient (Wildman–Crippen LogP) is 2.28. The minimum atomic E-state index is -0.0375. The summed E-state index contributed by atoms with van der Waals surface area (Å²) in [6, 6.07) is 9.83. The van der Waals surface area contributed by atoms with Crippen molar-refractivity contribution in [1.82, 2.24) is 20.0 Å².